The van der Waals surface area contributed by atoms with Gasteiger partial charge in [0, 0.05) is 32.0 Å². The number of rotatable bonds is 3. The van der Waals surface area contributed by atoms with E-state index in [1.54, 1.807) is 12.1 Å². The quantitative estimate of drug-likeness (QED) is 0.867. The molecule has 5 nitrogen and oxygen atoms in total. The zero-order chi connectivity index (χ0) is 16.2. The second kappa shape index (κ2) is 6.96. The van der Waals surface area contributed by atoms with Gasteiger partial charge < -0.3 is 9.64 Å². The molecular weight excluding hydrogens is 314 g/mol. The first-order chi connectivity index (χ1) is 11.1. The molecule has 0 unspecified atom stereocenters. The summed E-state index contributed by atoms with van der Waals surface area (Å²) >= 11 is 6.10. The van der Waals surface area contributed by atoms with Crippen LogP contribution in [0.15, 0.2) is 36.4 Å². The molecule has 120 valence electrons. The predicted molar refractivity (Wildman–Crippen MR) is 87.8 cm³/mol. The maximum atomic E-state index is 12.5. The lowest BCUT2D eigenvalue weighted by molar-refractivity contribution is 0.0586. The first-order valence-electron chi connectivity index (χ1n) is 7.64. The third-order valence-electron chi connectivity index (χ3n) is 3.89. The summed E-state index contributed by atoms with van der Waals surface area (Å²) < 4.78 is 5.83. The van der Waals surface area contributed by atoms with Crippen LogP contribution in [-0.4, -0.2) is 40.2 Å². The van der Waals surface area contributed by atoms with E-state index in [1.165, 1.54) is 0 Å². The standard InChI is InChI=1S/C17H18ClN3O2/c1-12-6-7-16(20-19-12)23-13-8-10-21(11-9-13)17(22)14-4-2-3-5-15(14)18/h2-7,13H,8-11H2,1H3. The fourth-order valence-corrected chi connectivity index (χ4v) is 2.82. The van der Waals surface area contributed by atoms with Crippen LogP contribution in [0.3, 0.4) is 0 Å². The van der Waals surface area contributed by atoms with Crippen molar-refractivity contribution in [2.24, 2.45) is 0 Å². The van der Waals surface area contributed by atoms with E-state index < -0.39 is 0 Å². The molecule has 1 aromatic heterocycles. The molecule has 0 saturated carbocycles. The highest BCUT2D eigenvalue weighted by atomic mass is 35.5. The minimum atomic E-state index is -0.0239. The van der Waals surface area contributed by atoms with E-state index in [0.717, 1.165) is 18.5 Å². The van der Waals surface area contributed by atoms with Crippen LogP contribution < -0.4 is 4.74 Å². The number of aromatic nitrogens is 2. The Bertz CT molecular complexity index is 682. The summed E-state index contributed by atoms with van der Waals surface area (Å²) in [4.78, 5) is 14.3. The molecule has 23 heavy (non-hydrogen) atoms. The smallest absolute Gasteiger partial charge is 0.255 e. The molecule has 1 aromatic carbocycles. The van der Waals surface area contributed by atoms with Crippen molar-refractivity contribution in [2.75, 3.05) is 13.1 Å². The first-order valence-corrected chi connectivity index (χ1v) is 8.02. The Kier molecular flexibility index (Phi) is 4.76. The van der Waals surface area contributed by atoms with Crippen molar-refractivity contribution in [2.45, 2.75) is 25.9 Å². The summed E-state index contributed by atoms with van der Waals surface area (Å²) in [6.07, 6.45) is 1.60. The van der Waals surface area contributed by atoms with E-state index in [2.05, 4.69) is 10.2 Å². The van der Waals surface area contributed by atoms with Gasteiger partial charge in [0.15, 0.2) is 0 Å². The molecule has 0 bridgehead atoms. The Morgan fingerprint density at radius 1 is 1.17 bits per heavy atom. The third kappa shape index (κ3) is 3.79. The van der Waals surface area contributed by atoms with Gasteiger partial charge in [-0.1, -0.05) is 23.7 Å². The van der Waals surface area contributed by atoms with Crippen LogP contribution in [0.2, 0.25) is 5.02 Å². The summed E-state index contributed by atoms with van der Waals surface area (Å²) in [5.41, 5.74) is 1.41. The Morgan fingerprint density at radius 3 is 2.57 bits per heavy atom. The van der Waals surface area contributed by atoms with Gasteiger partial charge in [0.1, 0.15) is 6.10 Å². The summed E-state index contributed by atoms with van der Waals surface area (Å²) in [6.45, 7) is 3.18. The second-order valence-electron chi connectivity index (χ2n) is 5.60. The molecule has 0 aliphatic carbocycles. The number of amides is 1. The average molecular weight is 332 g/mol. The molecule has 1 aliphatic heterocycles. The number of carbonyl (C=O) groups excluding carboxylic acids is 1. The van der Waals surface area contributed by atoms with Crippen molar-refractivity contribution in [1.29, 1.82) is 0 Å². The minimum absolute atomic E-state index is 0.0239. The van der Waals surface area contributed by atoms with Crippen molar-refractivity contribution in [3.05, 3.63) is 52.7 Å². The number of piperidine rings is 1. The van der Waals surface area contributed by atoms with Gasteiger partial charge >= 0.3 is 0 Å². The highest BCUT2D eigenvalue weighted by Gasteiger charge is 2.25. The maximum absolute atomic E-state index is 12.5. The van der Waals surface area contributed by atoms with Gasteiger partial charge in [-0.2, -0.15) is 5.10 Å². The number of nitrogens with zero attached hydrogens (tertiary/aromatic N) is 3. The van der Waals surface area contributed by atoms with Crippen molar-refractivity contribution in [3.8, 4) is 5.88 Å². The van der Waals surface area contributed by atoms with Crippen LogP contribution >= 0.6 is 11.6 Å². The number of hydrogen-bond acceptors (Lipinski definition) is 4. The van der Waals surface area contributed by atoms with Crippen LogP contribution in [0, 0.1) is 6.92 Å². The summed E-state index contributed by atoms with van der Waals surface area (Å²) in [6, 6.07) is 10.8. The molecule has 6 heteroatoms. The number of benzene rings is 1. The summed E-state index contributed by atoms with van der Waals surface area (Å²) in [5, 5.41) is 8.49. The number of hydrogen-bond donors (Lipinski definition) is 0. The Balaban J connectivity index is 1.57. The second-order valence-corrected chi connectivity index (χ2v) is 6.01. The number of aryl methyl sites for hydroxylation is 1. The van der Waals surface area contributed by atoms with Crippen molar-refractivity contribution in [3.63, 3.8) is 0 Å². The van der Waals surface area contributed by atoms with Gasteiger partial charge in [-0.25, -0.2) is 0 Å². The van der Waals surface area contributed by atoms with Gasteiger partial charge in [0.05, 0.1) is 16.3 Å². The fourth-order valence-electron chi connectivity index (χ4n) is 2.60. The fraction of sp³-hybridized carbons (Fsp3) is 0.353. The highest BCUT2D eigenvalue weighted by molar-refractivity contribution is 6.33. The monoisotopic (exact) mass is 331 g/mol. The van der Waals surface area contributed by atoms with E-state index in [9.17, 15) is 4.79 Å². The largest absolute Gasteiger partial charge is 0.473 e. The SMILES string of the molecule is Cc1ccc(OC2CCN(C(=O)c3ccccc3Cl)CC2)nn1. The van der Waals surface area contributed by atoms with Crippen LogP contribution in [-0.2, 0) is 0 Å². The number of halogens is 1. The zero-order valence-corrected chi connectivity index (χ0v) is 13.7. The van der Waals surface area contributed by atoms with Crippen LogP contribution in [0.25, 0.3) is 0 Å². The van der Waals surface area contributed by atoms with Crippen molar-refractivity contribution < 1.29 is 9.53 Å². The summed E-state index contributed by atoms with van der Waals surface area (Å²) in [7, 11) is 0. The number of likely N-dealkylation sites (tertiary alicyclic amines) is 1. The third-order valence-corrected chi connectivity index (χ3v) is 4.22. The predicted octanol–water partition coefficient (Wildman–Crippen LogP) is 3.12. The van der Waals surface area contributed by atoms with Gasteiger partial charge in [0.2, 0.25) is 5.88 Å². The summed E-state index contributed by atoms with van der Waals surface area (Å²) in [5.74, 6) is 0.510. The van der Waals surface area contributed by atoms with Gasteiger partial charge in [0.25, 0.3) is 5.91 Å². The van der Waals surface area contributed by atoms with Crippen molar-refractivity contribution >= 4 is 17.5 Å². The number of ether oxygens (including phenoxy) is 1. The maximum Gasteiger partial charge on any atom is 0.255 e. The van der Waals surface area contributed by atoms with E-state index >= 15 is 0 Å². The highest BCUT2D eigenvalue weighted by Crippen LogP contribution is 2.21. The molecule has 1 amide bonds. The molecule has 0 N–H and O–H groups in total. The molecule has 1 aliphatic rings. The lowest BCUT2D eigenvalue weighted by Crippen LogP contribution is -2.42. The Hall–Kier alpha value is -2.14. The van der Waals surface area contributed by atoms with Crippen LogP contribution in [0.5, 0.6) is 5.88 Å². The molecule has 0 radical (unpaired) electrons. The topological polar surface area (TPSA) is 55.3 Å². The Labute approximate surface area is 140 Å². The molecule has 2 aromatic rings. The number of carbonyl (C=O) groups is 1. The molecule has 1 saturated heterocycles. The minimum Gasteiger partial charge on any atom is -0.473 e. The van der Waals surface area contributed by atoms with Crippen LogP contribution in [0.1, 0.15) is 28.9 Å². The van der Waals surface area contributed by atoms with Crippen molar-refractivity contribution in [1.82, 2.24) is 15.1 Å². The van der Waals surface area contributed by atoms with Gasteiger partial charge in [-0.3, -0.25) is 4.79 Å². The Morgan fingerprint density at radius 2 is 1.91 bits per heavy atom. The van der Waals surface area contributed by atoms with Gasteiger partial charge in [-0.15, -0.1) is 5.10 Å². The van der Waals surface area contributed by atoms with Crippen LogP contribution in [0.4, 0.5) is 0 Å². The molecule has 1 fully saturated rings. The molecule has 0 atom stereocenters. The average Bonchev–Trinajstić information content (AvgIpc) is 2.57. The molecule has 0 spiro atoms. The first kappa shape index (κ1) is 15.7. The van der Waals surface area contributed by atoms with E-state index in [-0.39, 0.29) is 12.0 Å². The zero-order valence-electron chi connectivity index (χ0n) is 12.9. The lowest BCUT2D eigenvalue weighted by atomic mass is 10.1. The van der Waals surface area contributed by atoms with E-state index in [1.807, 2.05) is 36.1 Å². The molecule has 2 heterocycles. The lowest BCUT2D eigenvalue weighted by Gasteiger charge is -2.32. The molecular formula is C17H18ClN3O2. The van der Waals surface area contributed by atoms with Gasteiger partial charge in [-0.05, 0) is 25.1 Å². The van der Waals surface area contributed by atoms with E-state index in [0.29, 0.717) is 29.6 Å². The molecule has 3 rings (SSSR count). The van der Waals surface area contributed by atoms with E-state index in [4.69, 9.17) is 16.3 Å². The normalized spacial score (nSPS) is 15.5.